The zero-order chi connectivity index (χ0) is 20.6. The molecule has 0 aliphatic heterocycles. The average molecular weight is 398 g/mol. The zero-order valence-corrected chi connectivity index (χ0v) is 17.3. The van der Waals surface area contributed by atoms with Gasteiger partial charge in [0.15, 0.2) is 0 Å². The van der Waals surface area contributed by atoms with E-state index in [0.29, 0.717) is 27.6 Å². The number of nitro benzene ring substituents is 1. The highest BCUT2D eigenvalue weighted by Crippen LogP contribution is 2.44. The van der Waals surface area contributed by atoms with Crippen LogP contribution in [0.3, 0.4) is 0 Å². The van der Waals surface area contributed by atoms with Gasteiger partial charge in [-0.1, -0.05) is 20.8 Å². The number of nitro groups is 1. The van der Waals surface area contributed by atoms with Gasteiger partial charge < -0.3 is 5.32 Å². The average Bonchev–Trinajstić information content (AvgIpc) is 2.96. The van der Waals surface area contributed by atoms with E-state index in [-0.39, 0.29) is 17.0 Å². The lowest BCUT2D eigenvalue weighted by atomic mass is 9.72. The molecule has 6 nitrogen and oxygen atoms in total. The molecule has 146 valence electrons. The van der Waals surface area contributed by atoms with Crippen LogP contribution in [-0.4, -0.2) is 10.8 Å². The van der Waals surface area contributed by atoms with Gasteiger partial charge in [-0.15, -0.1) is 11.3 Å². The van der Waals surface area contributed by atoms with Crippen molar-refractivity contribution in [2.24, 2.45) is 11.3 Å². The van der Waals surface area contributed by atoms with Crippen molar-refractivity contribution in [2.45, 2.75) is 47.0 Å². The second-order valence-corrected chi connectivity index (χ2v) is 9.44. The molecule has 28 heavy (non-hydrogen) atoms. The standard InChI is InChI=1S/C21H23N3O3S/c1-12-9-13(5-8-17(12)24(26)27)19(25)23-20-16(11-22)15-7-6-14(21(2,3)4)10-18(15)28-20/h5,8-9,14H,6-7,10H2,1-4H3,(H,23,25)/t14-/m1/s1. The number of nitrogens with one attached hydrogen (secondary N) is 1. The molecule has 1 atom stereocenters. The Morgan fingerprint density at radius 2 is 2.11 bits per heavy atom. The summed E-state index contributed by atoms with van der Waals surface area (Å²) in [6.45, 7) is 8.31. The van der Waals surface area contributed by atoms with Gasteiger partial charge in [0, 0.05) is 22.1 Å². The van der Waals surface area contributed by atoms with Crippen LogP contribution in [0.2, 0.25) is 0 Å². The first kappa shape index (κ1) is 20.0. The van der Waals surface area contributed by atoms with Gasteiger partial charge in [-0.2, -0.15) is 5.26 Å². The van der Waals surface area contributed by atoms with Gasteiger partial charge in [0.25, 0.3) is 11.6 Å². The van der Waals surface area contributed by atoms with Gasteiger partial charge >= 0.3 is 0 Å². The second kappa shape index (κ2) is 7.36. The topological polar surface area (TPSA) is 96.0 Å². The van der Waals surface area contributed by atoms with E-state index in [1.807, 2.05) is 0 Å². The first-order chi connectivity index (χ1) is 13.1. The van der Waals surface area contributed by atoms with E-state index in [0.717, 1.165) is 24.8 Å². The van der Waals surface area contributed by atoms with Crippen LogP contribution >= 0.6 is 11.3 Å². The molecule has 0 bridgehead atoms. The number of amides is 1. The van der Waals surface area contributed by atoms with Crippen molar-refractivity contribution in [3.63, 3.8) is 0 Å². The Balaban J connectivity index is 1.87. The number of nitriles is 1. The van der Waals surface area contributed by atoms with Crippen molar-refractivity contribution in [3.05, 3.63) is 55.4 Å². The Bertz CT molecular complexity index is 996. The van der Waals surface area contributed by atoms with Gasteiger partial charge in [0.2, 0.25) is 0 Å². The van der Waals surface area contributed by atoms with E-state index < -0.39 is 4.92 Å². The molecule has 7 heteroatoms. The highest BCUT2D eigenvalue weighted by atomic mass is 32.1. The second-order valence-electron chi connectivity index (χ2n) is 8.34. The Kier molecular flexibility index (Phi) is 5.26. The van der Waals surface area contributed by atoms with E-state index in [9.17, 15) is 20.2 Å². The quantitative estimate of drug-likeness (QED) is 0.566. The SMILES string of the molecule is Cc1cc(C(=O)Nc2sc3c(c2C#N)CC[C@@H](C(C)(C)C)C3)ccc1[N+](=O)[O-]. The molecule has 1 N–H and O–H groups in total. The van der Waals surface area contributed by atoms with Crippen LogP contribution in [0.15, 0.2) is 18.2 Å². The number of fused-ring (bicyclic) bond motifs is 1. The van der Waals surface area contributed by atoms with Crippen molar-refractivity contribution in [3.8, 4) is 6.07 Å². The molecule has 1 aromatic carbocycles. The summed E-state index contributed by atoms with van der Waals surface area (Å²) >= 11 is 1.48. The normalized spacial score (nSPS) is 16.2. The fourth-order valence-electron chi connectivity index (χ4n) is 3.71. The monoisotopic (exact) mass is 397 g/mol. The van der Waals surface area contributed by atoms with Crippen LogP contribution in [-0.2, 0) is 12.8 Å². The Hall–Kier alpha value is -2.72. The largest absolute Gasteiger partial charge is 0.312 e. The van der Waals surface area contributed by atoms with Crippen molar-refractivity contribution >= 4 is 27.9 Å². The Labute approximate surface area is 168 Å². The molecule has 2 aromatic rings. The molecule has 1 aliphatic carbocycles. The molecule has 1 heterocycles. The van der Waals surface area contributed by atoms with Gasteiger partial charge in [-0.3, -0.25) is 14.9 Å². The number of hydrogen-bond donors (Lipinski definition) is 1. The third-order valence-corrected chi connectivity index (χ3v) is 6.65. The maximum atomic E-state index is 12.7. The van der Waals surface area contributed by atoms with E-state index in [1.165, 1.54) is 34.4 Å². The summed E-state index contributed by atoms with van der Waals surface area (Å²) in [7, 11) is 0. The van der Waals surface area contributed by atoms with Gasteiger partial charge in [-0.05, 0) is 55.2 Å². The van der Waals surface area contributed by atoms with Crippen LogP contribution in [0.1, 0.15) is 59.1 Å². The predicted octanol–water partition coefficient (Wildman–Crippen LogP) is 5.24. The molecule has 0 radical (unpaired) electrons. The third kappa shape index (κ3) is 3.78. The van der Waals surface area contributed by atoms with E-state index in [4.69, 9.17) is 0 Å². The smallest absolute Gasteiger partial charge is 0.272 e. The number of aryl methyl sites for hydroxylation is 1. The molecule has 0 saturated carbocycles. The molecule has 3 rings (SSSR count). The minimum Gasteiger partial charge on any atom is -0.312 e. The summed E-state index contributed by atoms with van der Waals surface area (Å²) in [4.78, 5) is 24.3. The molecule has 1 amide bonds. The zero-order valence-electron chi connectivity index (χ0n) is 16.5. The molecule has 0 spiro atoms. The number of benzene rings is 1. The summed E-state index contributed by atoms with van der Waals surface area (Å²) in [6, 6.07) is 6.53. The van der Waals surface area contributed by atoms with Crippen molar-refractivity contribution in [1.82, 2.24) is 0 Å². The van der Waals surface area contributed by atoms with Gasteiger partial charge in [-0.25, -0.2) is 0 Å². The van der Waals surface area contributed by atoms with Crippen LogP contribution in [0, 0.1) is 39.7 Å². The number of nitrogens with zero attached hydrogens (tertiary/aromatic N) is 2. The van der Waals surface area contributed by atoms with Gasteiger partial charge in [0.1, 0.15) is 11.1 Å². The Morgan fingerprint density at radius 3 is 2.68 bits per heavy atom. The first-order valence-electron chi connectivity index (χ1n) is 9.23. The fraction of sp³-hybridized carbons (Fsp3) is 0.429. The predicted molar refractivity (Wildman–Crippen MR) is 110 cm³/mol. The summed E-state index contributed by atoms with van der Waals surface area (Å²) < 4.78 is 0. The summed E-state index contributed by atoms with van der Waals surface area (Å²) in [5.74, 6) is 0.187. The number of rotatable bonds is 3. The minimum absolute atomic E-state index is 0.0194. The number of thiophene rings is 1. The summed E-state index contributed by atoms with van der Waals surface area (Å²) in [5, 5.41) is 24.0. The summed E-state index contributed by atoms with van der Waals surface area (Å²) in [6.07, 6.45) is 2.81. The highest BCUT2D eigenvalue weighted by Gasteiger charge is 2.32. The van der Waals surface area contributed by atoms with Crippen molar-refractivity contribution in [1.29, 1.82) is 5.26 Å². The lowest BCUT2D eigenvalue weighted by Gasteiger charge is -2.33. The van der Waals surface area contributed by atoms with Crippen LogP contribution in [0.5, 0.6) is 0 Å². The first-order valence-corrected chi connectivity index (χ1v) is 10.0. The number of carbonyl (C=O) groups excluding carboxylic acids is 1. The molecule has 1 aliphatic rings. The number of carbonyl (C=O) groups is 1. The Morgan fingerprint density at radius 1 is 1.39 bits per heavy atom. The van der Waals surface area contributed by atoms with Crippen LogP contribution in [0.4, 0.5) is 10.7 Å². The molecular weight excluding hydrogens is 374 g/mol. The molecular formula is C21H23N3O3S. The fourth-order valence-corrected chi connectivity index (χ4v) is 4.98. The summed E-state index contributed by atoms with van der Waals surface area (Å²) in [5.41, 5.74) is 2.56. The van der Waals surface area contributed by atoms with Crippen molar-refractivity contribution in [2.75, 3.05) is 5.32 Å². The van der Waals surface area contributed by atoms with Gasteiger partial charge in [0.05, 0.1) is 10.5 Å². The maximum absolute atomic E-state index is 12.7. The number of hydrogen-bond acceptors (Lipinski definition) is 5. The maximum Gasteiger partial charge on any atom is 0.272 e. The third-order valence-electron chi connectivity index (χ3n) is 5.48. The highest BCUT2D eigenvalue weighted by molar-refractivity contribution is 7.16. The minimum atomic E-state index is -0.468. The molecule has 0 fully saturated rings. The van der Waals surface area contributed by atoms with Crippen LogP contribution < -0.4 is 5.32 Å². The molecule has 0 saturated heterocycles. The molecule has 0 unspecified atom stereocenters. The number of anilines is 1. The van der Waals surface area contributed by atoms with E-state index in [2.05, 4.69) is 32.2 Å². The van der Waals surface area contributed by atoms with E-state index >= 15 is 0 Å². The molecule has 1 aromatic heterocycles. The lowest BCUT2D eigenvalue weighted by molar-refractivity contribution is -0.385. The van der Waals surface area contributed by atoms with Crippen LogP contribution in [0.25, 0.3) is 0 Å². The van der Waals surface area contributed by atoms with Crippen molar-refractivity contribution < 1.29 is 9.72 Å². The lowest BCUT2D eigenvalue weighted by Crippen LogP contribution is -2.26. The van der Waals surface area contributed by atoms with E-state index in [1.54, 1.807) is 6.92 Å².